The number of rotatable bonds is 5. The Labute approximate surface area is 189 Å². The first-order valence-corrected chi connectivity index (χ1v) is 10.6. The zero-order valence-electron chi connectivity index (χ0n) is 14.4. The van der Waals surface area contributed by atoms with Crippen molar-refractivity contribution in [2.45, 2.75) is 18.0 Å². The first kappa shape index (κ1) is 20.5. The van der Waals surface area contributed by atoms with Gasteiger partial charge in [0, 0.05) is 10.6 Å². The summed E-state index contributed by atoms with van der Waals surface area (Å²) < 4.78 is 5.65. The molecule has 2 unspecified atom stereocenters. The average Bonchev–Trinajstić information content (AvgIpc) is 3.13. The third-order valence-corrected chi connectivity index (χ3v) is 6.35. The van der Waals surface area contributed by atoms with E-state index in [1.165, 1.54) is 28.4 Å². The number of para-hydroxylation sites is 1. The maximum Gasteiger partial charge on any atom is 0.250 e. The molecule has 4 rings (SSSR count). The third kappa shape index (κ3) is 3.85. The summed E-state index contributed by atoms with van der Waals surface area (Å²) in [6, 6.07) is 9.22. The Balaban J connectivity index is 1.53. The fraction of sp³-hybridized carbons (Fsp3) is 0.167. The molecule has 2 heterocycles. The van der Waals surface area contributed by atoms with Crippen molar-refractivity contribution in [2.24, 2.45) is 0 Å². The topological polar surface area (TPSA) is 75.5 Å². The highest BCUT2D eigenvalue weighted by atomic mass is 35.5. The summed E-state index contributed by atoms with van der Waals surface area (Å²) in [4.78, 5) is 13.8. The van der Waals surface area contributed by atoms with Crippen LogP contribution in [0.1, 0.15) is 16.6 Å². The Hall–Kier alpha value is -1.77. The molecule has 1 fully saturated rings. The minimum atomic E-state index is -0.793. The summed E-state index contributed by atoms with van der Waals surface area (Å²) in [5, 5.41) is 19.2. The van der Waals surface area contributed by atoms with Crippen LogP contribution < -0.4 is 9.64 Å². The van der Waals surface area contributed by atoms with E-state index in [-0.39, 0.29) is 34.1 Å². The lowest BCUT2D eigenvalue weighted by atomic mass is 9.93. The van der Waals surface area contributed by atoms with Gasteiger partial charge in [-0.05, 0) is 18.2 Å². The van der Waals surface area contributed by atoms with Gasteiger partial charge >= 0.3 is 0 Å². The summed E-state index contributed by atoms with van der Waals surface area (Å²) >= 11 is 25.5. The van der Waals surface area contributed by atoms with Crippen molar-refractivity contribution in [1.29, 1.82) is 0 Å². The van der Waals surface area contributed by atoms with Gasteiger partial charge in [0.15, 0.2) is 10.8 Å². The zero-order valence-corrected chi connectivity index (χ0v) is 18.2. The van der Waals surface area contributed by atoms with Crippen LogP contribution in [0.4, 0.5) is 5.13 Å². The number of nitrogens with zero attached hydrogens (tertiary/aromatic N) is 3. The number of ether oxygens (including phenoxy) is 1. The molecular weight excluding hydrogens is 480 g/mol. The molecule has 1 amide bonds. The molecule has 1 saturated heterocycles. The van der Waals surface area contributed by atoms with Crippen molar-refractivity contribution in [3.8, 4) is 11.5 Å². The number of hydrogen-bond acceptors (Lipinski definition) is 6. The van der Waals surface area contributed by atoms with Crippen molar-refractivity contribution < 1.29 is 14.6 Å². The number of anilines is 1. The summed E-state index contributed by atoms with van der Waals surface area (Å²) in [5.74, 6) is 0.0236. The Morgan fingerprint density at radius 1 is 1.14 bits per heavy atom. The molecule has 0 bridgehead atoms. The largest absolute Gasteiger partial charge is 0.508 e. The van der Waals surface area contributed by atoms with E-state index in [2.05, 4.69) is 10.2 Å². The Morgan fingerprint density at radius 2 is 1.83 bits per heavy atom. The van der Waals surface area contributed by atoms with Crippen molar-refractivity contribution in [3.05, 3.63) is 62.0 Å². The minimum absolute atomic E-state index is 0.0479. The number of β-lactam (4-membered cyclic amide) rings is 1. The molecule has 3 aromatic rings. The van der Waals surface area contributed by atoms with Crippen LogP contribution >= 0.6 is 57.7 Å². The molecule has 11 heteroatoms. The Kier molecular flexibility index (Phi) is 5.77. The molecule has 150 valence electrons. The first-order valence-electron chi connectivity index (χ1n) is 8.21. The van der Waals surface area contributed by atoms with Crippen molar-refractivity contribution in [2.75, 3.05) is 4.90 Å². The molecule has 1 N–H and O–H groups in total. The lowest BCUT2D eigenvalue weighted by Gasteiger charge is -2.42. The lowest BCUT2D eigenvalue weighted by Crippen LogP contribution is -2.56. The highest BCUT2D eigenvalue weighted by Crippen LogP contribution is 2.45. The van der Waals surface area contributed by atoms with E-state index in [1.54, 1.807) is 24.3 Å². The molecule has 2 atom stereocenters. The first-order chi connectivity index (χ1) is 13.9. The van der Waals surface area contributed by atoms with Crippen LogP contribution in [0, 0.1) is 0 Å². The highest BCUT2D eigenvalue weighted by molar-refractivity contribution is 7.15. The quantitative estimate of drug-likeness (QED) is 0.378. The number of aromatic hydroxyl groups is 1. The van der Waals surface area contributed by atoms with Crippen LogP contribution in [-0.2, 0) is 11.4 Å². The van der Waals surface area contributed by atoms with Crippen molar-refractivity contribution >= 4 is 68.8 Å². The van der Waals surface area contributed by atoms with E-state index in [4.69, 9.17) is 51.1 Å². The predicted molar refractivity (Wildman–Crippen MR) is 114 cm³/mol. The van der Waals surface area contributed by atoms with E-state index >= 15 is 0 Å². The molecular formula is C18H11Cl4N3O3S. The van der Waals surface area contributed by atoms with E-state index < -0.39 is 11.4 Å². The Bertz CT molecular complexity index is 1070. The smallest absolute Gasteiger partial charge is 0.250 e. The minimum Gasteiger partial charge on any atom is -0.508 e. The van der Waals surface area contributed by atoms with Crippen LogP contribution in [0.15, 0.2) is 36.4 Å². The molecule has 1 aliphatic heterocycles. The number of alkyl halides is 1. The number of aromatic nitrogens is 2. The highest BCUT2D eigenvalue weighted by Gasteiger charge is 2.50. The van der Waals surface area contributed by atoms with E-state index in [0.717, 1.165) is 0 Å². The SMILES string of the molecule is O=C1C(Cl)C(c2ccccc2O)N1c1nnc(COc2c(Cl)cc(Cl)cc2Cl)s1. The molecule has 6 nitrogen and oxygen atoms in total. The van der Waals surface area contributed by atoms with Gasteiger partial charge in [0.05, 0.1) is 16.1 Å². The summed E-state index contributed by atoms with van der Waals surface area (Å²) in [6.45, 7) is 0.0479. The van der Waals surface area contributed by atoms with Gasteiger partial charge in [-0.1, -0.05) is 64.3 Å². The second kappa shape index (κ2) is 8.16. The molecule has 0 saturated carbocycles. The number of benzene rings is 2. The maximum absolute atomic E-state index is 12.3. The molecule has 0 spiro atoms. The molecule has 29 heavy (non-hydrogen) atoms. The van der Waals surface area contributed by atoms with Gasteiger partial charge in [-0.25, -0.2) is 0 Å². The molecule has 0 aliphatic carbocycles. The molecule has 1 aliphatic rings. The fourth-order valence-electron chi connectivity index (χ4n) is 2.90. The normalized spacial score (nSPS) is 18.6. The Morgan fingerprint density at radius 3 is 2.52 bits per heavy atom. The van der Waals surface area contributed by atoms with Gasteiger partial charge < -0.3 is 9.84 Å². The number of hydrogen-bond donors (Lipinski definition) is 1. The number of phenolic OH excluding ortho intramolecular Hbond substituents is 1. The van der Waals surface area contributed by atoms with E-state index in [0.29, 0.717) is 20.7 Å². The van der Waals surface area contributed by atoms with Gasteiger partial charge in [-0.2, -0.15) is 0 Å². The standard InChI is InChI=1S/C18H11Cl4N3O3S/c19-8-5-10(20)16(11(21)6-8)28-7-13-23-24-18(29-13)25-15(14(22)17(25)27)9-3-1-2-4-12(9)26/h1-6,14-15,26H,7H2. The van der Waals surface area contributed by atoms with Crippen molar-refractivity contribution in [3.63, 3.8) is 0 Å². The monoisotopic (exact) mass is 489 g/mol. The second-order valence-corrected chi connectivity index (χ2v) is 8.84. The molecule has 0 radical (unpaired) electrons. The van der Waals surface area contributed by atoms with Gasteiger partial charge in [0.2, 0.25) is 11.0 Å². The predicted octanol–water partition coefficient (Wildman–Crippen LogP) is 5.48. The number of carbonyl (C=O) groups is 1. The van der Waals surface area contributed by atoms with Crippen molar-refractivity contribution in [1.82, 2.24) is 10.2 Å². The maximum atomic E-state index is 12.3. The van der Waals surface area contributed by atoms with E-state index in [1.807, 2.05) is 0 Å². The number of carbonyl (C=O) groups excluding carboxylic acids is 1. The van der Waals surface area contributed by atoms with Crippen LogP contribution in [0.3, 0.4) is 0 Å². The number of amides is 1. The number of halogens is 4. The van der Waals surface area contributed by atoms with Crippen LogP contribution in [0.2, 0.25) is 15.1 Å². The average molecular weight is 491 g/mol. The molecule has 2 aromatic carbocycles. The van der Waals surface area contributed by atoms with Gasteiger partial charge in [-0.15, -0.1) is 21.8 Å². The van der Waals surface area contributed by atoms with Gasteiger partial charge in [-0.3, -0.25) is 9.69 Å². The fourth-order valence-corrected chi connectivity index (χ4v) is 4.98. The van der Waals surface area contributed by atoms with Crippen LogP contribution in [0.25, 0.3) is 0 Å². The summed E-state index contributed by atoms with van der Waals surface area (Å²) in [6.07, 6.45) is 0. The van der Waals surface area contributed by atoms with Gasteiger partial charge in [0.1, 0.15) is 17.7 Å². The van der Waals surface area contributed by atoms with E-state index in [9.17, 15) is 9.90 Å². The zero-order chi connectivity index (χ0) is 20.7. The summed E-state index contributed by atoms with van der Waals surface area (Å²) in [7, 11) is 0. The molecule has 1 aromatic heterocycles. The summed E-state index contributed by atoms with van der Waals surface area (Å²) in [5.41, 5.74) is 0.542. The third-order valence-electron chi connectivity index (χ3n) is 4.25. The second-order valence-electron chi connectivity index (χ2n) is 6.08. The van der Waals surface area contributed by atoms with Crippen LogP contribution in [0.5, 0.6) is 11.5 Å². The lowest BCUT2D eigenvalue weighted by molar-refractivity contribution is -0.123. The van der Waals surface area contributed by atoms with Crippen LogP contribution in [-0.4, -0.2) is 26.6 Å². The van der Waals surface area contributed by atoms with Gasteiger partial charge in [0.25, 0.3) is 0 Å². The number of phenols is 1.